The first-order valence-electron chi connectivity index (χ1n) is 14.8. The molecule has 7 rings (SSSR count). The Morgan fingerprint density at radius 1 is 1.13 bits per heavy atom. The average Bonchev–Trinajstić information content (AvgIpc) is 3.80. The van der Waals surface area contributed by atoms with Crippen molar-refractivity contribution in [2.45, 2.75) is 64.7 Å². The second kappa shape index (κ2) is 10.9. The SMILES string of the molecule is Cc1cnc2ccc(-c3c(-c4ccco4)nc(N)nc3-n3nnc4cc(O[C@@H]5CC[C@H](NC(=O)OC(C)(C)C)C5)ccc43)cn12. The molecule has 0 unspecified atom stereocenters. The Balaban J connectivity index is 1.21. The van der Waals surface area contributed by atoms with Crippen LogP contribution in [0.1, 0.15) is 45.7 Å². The molecule has 1 aromatic carbocycles. The number of aromatic nitrogens is 7. The number of amides is 1. The van der Waals surface area contributed by atoms with E-state index in [1.54, 1.807) is 17.0 Å². The molecule has 1 fully saturated rings. The molecule has 3 N–H and O–H groups in total. The number of nitrogen functional groups attached to an aromatic ring is 1. The van der Waals surface area contributed by atoms with E-state index >= 15 is 0 Å². The monoisotopic (exact) mass is 607 g/mol. The second-order valence-corrected chi connectivity index (χ2v) is 12.2. The zero-order chi connectivity index (χ0) is 31.3. The Bertz CT molecular complexity index is 2020. The van der Waals surface area contributed by atoms with Gasteiger partial charge in [0.05, 0.1) is 17.3 Å². The Morgan fingerprint density at radius 2 is 2.00 bits per heavy atom. The molecule has 0 spiro atoms. The largest absolute Gasteiger partial charge is 0.490 e. The molecule has 1 saturated carbocycles. The number of alkyl carbamates (subject to hydrolysis) is 1. The van der Waals surface area contributed by atoms with Crippen LogP contribution in [0.5, 0.6) is 5.75 Å². The van der Waals surface area contributed by atoms with Gasteiger partial charge in [-0.05, 0) is 76.9 Å². The van der Waals surface area contributed by atoms with E-state index in [-0.39, 0.29) is 18.1 Å². The van der Waals surface area contributed by atoms with E-state index in [1.165, 1.54) is 0 Å². The van der Waals surface area contributed by atoms with E-state index < -0.39 is 11.7 Å². The van der Waals surface area contributed by atoms with Gasteiger partial charge < -0.3 is 29.3 Å². The van der Waals surface area contributed by atoms with Crippen LogP contribution in [0.4, 0.5) is 10.7 Å². The number of nitrogens with zero attached hydrogens (tertiary/aromatic N) is 7. The third-order valence-electron chi connectivity index (χ3n) is 7.67. The number of nitrogens with one attached hydrogen (secondary N) is 1. The number of ether oxygens (including phenoxy) is 2. The van der Waals surface area contributed by atoms with Crippen LogP contribution in [-0.2, 0) is 4.74 Å². The topological polar surface area (TPSA) is 161 Å². The number of imidazole rings is 1. The third kappa shape index (κ3) is 5.64. The van der Waals surface area contributed by atoms with Gasteiger partial charge in [-0.25, -0.2) is 14.8 Å². The fourth-order valence-corrected chi connectivity index (χ4v) is 5.70. The molecule has 0 saturated heterocycles. The zero-order valence-electron chi connectivity index (χ0n) is 25.4. The number of furan rings is 1. The summed E-state index contributed by atoms with van der Waals surface area (Å²) < 4.78 is 21.1. The smallest absolute Gasteiger partial charge is 0.407 e. The Labute approximate surface area is 258 Å². The highest BCUT2D eigenvalue weighted by Crippen LogP contribution is 2.37. The first kappa shape index (κ1) is 28.3. The number of aryl methyl sites for hydroxylation is 1. The highest BCUT2D eigenvalue weighted by molar-refractivity contribution is 5.87. The van der Waals surface area contributed by atoms with E-state index in [0.29, 0.717) is 46.0 Å². The van der Waals surface area contributed by atoms with Gasteiger partial charge in [-0.3, -0.25) is 0 Å². The van der Waals surface area contributed by atoms with Crippen molar-refractivity contribution in [3.8, 4) is 34.1 Å². The third-order valence-corrected chi connectivity index (χ3v) is 7.67. The van der Waals surface area contributed by atoms with Gasteiger partial charge in [-0.1, -0.05) is 5.21 Å². The molecular formula is C32H33N9O4. The minimum absolute atomic E-state index is 0.00946. The number of anilines is 1. The summed E-state index contributed by atoms with van der Waals surface area (Å²) in [5, 5.41) is 11.9. The van der Waals surface area contributed by atoms with Gasteiger partial charge >= 0.3 is 6.09 Å². The van der Waals surface area contributed by atoms with Crippen molar-refractivity contribution in [1.82, 2.24) is 39.7 Å². The Hall–Kier alpha value is -5.46. The quantitative estimate of drug-likeness (QED) is 0.247. The number of pyridine rings is 1. The molecule has 1 amide bonds. The molecular weight excluding hydrogens is 574 g/mol. The number of carbonyl (C=O) groups is 1. The van der Waals surface area contributed by atoms with Crippen molar-refractivity contribution in [3.05, 3.63) is 66.8 Å². The van der Waals surface area contributed by atoms with Crippen LogP contribution in [0.3, 0.4) is 0 Å². The number of benzene rings is 1. The van der Waals surface area contributed by atoms with E-state index in [0.717, 1.165) is 29.7 Å². The van der Waals surface area contributed by atoms with Crippen LogP contribution in [0.2, 0.25) is 0 Å². The number of hydrogen-bond donors (Lipinski definition) is 2. The Morgan fingerprint density at radius 3 is 2.80 bits per heavy atom. The van der Waals surface area contributed by atoms with Crippen LogP contribution in [0.25, 0.3) is 45.1 Å². The van der Waals surface area contributed by atoms with Crippen LogP contribution in [-0.4, -0.2) is 58.2 Å². The lowest BCUT2D eigenvalue weighted by atomic mass is 10.0. The molecule has 2 atom stereocenters. The van der Waals surface area contributed by atoms with E-state index in [2.05, 4.69) is 30.6 Å². The summed E-state index contributed by atoms with van der Waals surface area (Å²) in [5.74, 6) is 1.73. The minimum atomic E-state index is -0.545. The molecule has 0 radical (unpaired) electrons. The number of nitrogens with two attached hydrogens (primary N) is 1. The van der Waals surface area contributed by atoms with Gasteiger partial charge in [0.15, 0.2) is 11.6 Å². The van der Waals surface area contributed by atoms with Gasteiger partial charge in [0, 0.05) is 42.2 Å². The van der Waals surface area contributed by atoms with Crippen molar-refractivity contribution in [3.63, 3.8) is 0 Å². The number of carbonyl (C=O) groups excluding carboxylic acids is 1. The molecule has 13 nitrogen and oxygen atoms in total. The summed E-state index contributed by atoms with van der Waals surface area (Å²) in [6.07, 6.45) is 7.24. The van der Waals surface area contributed by atoms with Crippen LogP contribution >= 0.6 is 0 Å². The number of rotatable bonds is 6. The summed E-state index contributed by atoms with van der Waals surface area (Å²) in [6.45, 7) is 7.53. The number of fused-ring (bicyclic) bond motifs is 2. The van der Waals surface area contributed by atoms with Gasteiger partial charge in [0.2, 0.25) is 5.95 Å². The normalized spacial score (nSPS) is 16.8. The lowest BCUT2D eigenvalue weighted by molar-refractivity contribution is 0.0503. The maximum Gasteiger partial charge on any atom is 0.407 e. The molecule has 1 aliphatic carbocycles. The lowest BCUT2D eigenvalue weighted by Gasteiger charge is -2.21. The van der Waals surface area contributed by atoms with Crippen molar-refractivity contribution in [1.29, 1.82) is 0 Å². The van der Waals surface area contributed by atoms with Crippen LogP contribution in [0.15, 0.2) is 65.5 Å². The summed E-state index contributed by atoms with van der Waals surface area (Å²) in [6, 6.07) is 13.2. The first-order valence-corrected chi connectivity index (χ1v) is 14.8. The second-order valence-electron chi connectivity index (χ2n) is 12.2. The molecule has 230 valence electrons. The lowest BCUT2D eigenvalue weighted by Crippen LogP contribution is -2.38. The zero-order valence-corrected chi connectivity index (χ0v) is 25.4. The van der Waals surface area contributed by atoms with Gasteiger partial charge in [-0.15, -0.1) is 5.10 Å². The van der Waals surface area contributed by atoms with Crippen molar-refractivity contribution >= 4 is 28.7 Å². The molecule has 13 heteroatoms. The van der Waals surface area contributed by atoms with Crippen LogP contribution in [0, 0.1) is 6.92 Å². The average molecular weight is 608 g/mol. The summed E-state index contributed by atoms with van der Waals surface area (Å²) >= 11 is 0. The van der Waals surface area contributed by atoms with E-state index in [4.69, 9.17) is 19.6 Å². The molecule has 5 heterocycles. The minimum Gasteiger partial charge on any atom is -0.490 e. The molecule has 1 aliphatic rings. The summed E-state index contributed by atoms with van der Waals surface area (Å²) in [5.41, 5.74) is 10.9. The van der Waals surface area contributed by atoms with Crippen molar-refractivity contribution < 1.29 is 18.7 Å². The predicted molar refractivity (Wildman–Crippen MR) is 167 cm³/mol. The molecule has 6 aromatic rings. The van der Waals surface area contributed by atoms with Crippen LogP contribution < -0.4 is 15.8 Å². The fraction of sp³-hybridized carbons (Fsp3) is 0.312. The highest BCUT2D eigenvalue weighted by atomic mass is 16.6. The molecule has 5 aromatic heterocycles. The van der Waals surface area contributed by atoms with E-state index in [1.807, 2.05) is 80.9 Å². The Kier molecular flexibility index (Phi) is 6.87. The summed E-state index contributed by atoms with van der Waals surface area (Å²) in [7, 11) is 0. The standard InChI is InChI=1S/C32H33N9O4/c1-18-16-34-26-12-7-19(17-40(18)26)27-28(25-6-5-13-43-25)36-30(33)37-29(27)41-24-11-10-22(15-23(24)38-39-41)44-21-9-8-20(14-21)35-31(42)45-32(2,3)4/h5-7,10-13,15-17,20-21H,8-9,14H2,1-4H3,(H,35,42)(H2,33,36,37)/t20-,21+/m0/s1. The maximum absolute atomic E-state index is 12.2. The van der Waals surface area contributed by atoms with Gasteiger partial charge in [0.25, 0.3) is 0 Å². The van der Waals surface area contributed by atoms with Gasteiger partial charge in [-0.2, -0.15) is 9.67 Å². The van der Waals surface area contributed by atoms with Gasteiger partial charge in [0.1, 0.15) is 34.3 Å². The van der Waals surface area contributed by atoms with Crippen molar-refractivity contribution in [2.24, 2.45) is 0 Å². The highest BCUT2D eigenvalue weighted by Gasteiger charge is 2.29. The summed E-state index contributed by atoms with van der Waals surface area (Å²) in [4.78, 5) is 25.9. The molecule has 0 aliphatic heterocycles. The first-order chi connectivity index (χ1) is 21.6. The number of hydrogen-bond acceptors (Lipinski definition) is 10. The molecule has 45 heavy (non-hydrogen) atoms. The fourth-order valence-electron chi connectivity index (χ4n) is 5.70. The maximum atomic E-state index is 12.2. The predicted octanol–water partition coefficient (Wildman–Crippen LogP) is 5.50. The van der Waals surface area contributed by atoms with Crippen molar-refractivity contribution in [2.75, 3.05) is 5.73 Å². The molecule has 0 bridgehead atoms. The van der Waals surface area contributed by atoms with E-state index in [9.17, 15) is 4.79 Å².